The Morgan fingerprint density at radius 1 is 0.711 bits per heavy atom. The minimum Gasteiger partial charge on any atom is -0.341 e. The molecule has 4 nitrogen and oxygen atoms in total. The van der Waals surface area contributed by atoms with E-state index in [1.807, 2.05) is 6.20 Å². The molecule has 2 aliphatic heterocycles. The first kappa shape index (κ1) is 23.6. The van der Waals surface area contributed by atoms with E-state index in [2.05, 4.69) is 102 Å². The predicted octanol–water partition coefficient (Wildman–Crippen LogP) is 7.47. The number of likely N-dealkylation sites (N-methyl/N-ethyl adjacent to an activating group) is 1. The van der Waals surface area contributed by atoms with E-state index in [-0.39, 0.29) is 0 Å². The quantitative estimate of drug-likeness (QED) is 0.309. The largest absolute Gasteiger partial charge is 0.341 e. The SMILES string of the molecule is CN1CCCC1C1=CC=C(c2ccc(-c3ccc4cc(-c5cnc(C6CCCN6C)[nH]5)ccc4c3)cc2)C1. The number of nitrogens with one attached hydrogen (secondary N) is 1. The van der Waals surface area contributed by atoms with Crippen LogP contribution in [0.25, 0.3) is 38.7 Å². The molecule has 2 saturated heterocycles. The summed E-state index contributed by atoms with van der Waals surface area (Å²) in [6, 6.07) is 23.7. The average Bonchev–Trinajstić information content (AvgIpc) is 3.75. The van der Waals surface area contributed by atoms with Crippen molar-refractivity contribution in [1.82, 2.24) is 19.8 Å². The molecule has 2 fully saturated rings. The molecular weight excluding hydrogens is 464 g/mol. The minimum absolute atomic E-state index is 0.412. The zero-order valence-corrected chi connectivity index (χ0v) is 22.5. The van der Waals surface area contributed by atoms with Crippen LogP contribution >= 0.6 is 0 Å². The average molecular weight is 501 g/mol. The molecule has 192 valence electrons. The van der Waals surface area contributed by atoms with Crippen LogP contribution in [0.15, 0.2) is 84.6 Å². The van der Waals surface area contributed by atoms with Gasteiger partial charge in [-0.15, -0.1) is 0 Å². The molecule has 1 aliphatic carbocycles. The number of fused-ring (bicyclic) bond motifs is 1. The molecule has 4 aromatic rings. The molecule has 0 saturated carbocycles. The van der Waals surface area contributed by atoms with Crippen molar-refractivity contribution in [2.45, 2.75) is 44.2 Å². The van der Waals surface area contributed by atoms with Crippen molar-refractivity contribution in [3.05, 3.63) is 96.0 Å². The summed E-state index contributed by atoms with van der Waals surface area (Å²) in [7, 11) is 4.45. The molecule has 7 rings (SSSR count). The lowest BCUT2D eigenvalue weighted by Crippen LogP contribution is -2.26. The van der Waals surface area contributed by atoms with E-state index in [1.54, 1.807) is 5.57 Å². The summed E-state index contributed by atoms with van der Waals surface area (Å²) >= 11 is 0. The van der Waals surface area contributed by atoms with Crippen LogP contribution in [0.3, 0.4) is 0 Å². The number of benzene rings is 3. The number of likely N-dealkylation sites (tertiary alicyclic amines) is 2. The maximum Gasteiger partial charge on any atom is 0.123 e. The van der Waals surface area contributed by atoms with Gasteiger partial charge in [-0.1, -0.05) is 60.7 Å². The van der Waals surface area contributed by atoms with Crippen molar-refractivity contribution in [1.29, 1.82) is 0 Å². The van der Waals surface area contributed by atoms with Crippen LogP contribution in [0.2, 0.25) is 0 Å². The Labute approximate surface area is 225 Å². The van der Waals surface area contributed by atoms with Gasteiger partial charge in [0.05, 0.1) is 17.9 Å². The number of hydrogen-bond acceptors (Lipinski definition) is 3. The molecule has 38 heavy (non-hydrogen) atoms. The van der Waals surface area contributed by atoms with E-state index < -0.39 is 0 Å². The topological polar surface area (TPSA) is 35.2 Å². The Morgan fingerprint density at radius 3 is 2.05 bits per heavy atom. The van der Waals surface area contributed by atoms with E-state index in [0.717, 1.165) is 24.5 Å². The monoisotopic (exact) mass is 500 g/mol. The van der Waals surface area contributed by atoms with Crippen molar-refractivity contribution in [3.8, 4) is 22.4 Å². The molecule has 4 heteroatoms. The molecule has 0 amide bonds. The lowest BCUT2D eigenvalue weighted by atomic mass is 9.95. The number of allylic oxidation sites excluding steroid dienone is 3. The Kier molecular flexibility index (Phi) is 6.02. The van der Waals surface area contributed by atoms with Crippen molar-refractivity contribution in [2.24, 2.45) is 0 Å². The highest BCUT2D eigenvalue weighted by Crippen LogP contribution is 2.36. The second-order valence-corrected chi connectivity index (χ2v) is 11.4. The smallest absolute Gasteiger partial charge is 0.123 e. The Morgan fingerprint density at radius 2 is 1.34 bits per heavy atom. The first-order chi connectivity index (χ1) is 18.6. The first-order valence-corrected chi connectivity index (χ1v) is 14.1. The molecule has 1 aromatic heterocycles. The summed E-state index contributed by atoms with van der Waals surface area (Å²) in [4.78, 5) is 13.2. The van der Waals surface area contributed by atoms with E-state index in [9.17, 15) is 0 Å². The highest BCUT2D eigenvalue weighted by molar-refractivity contribution is 5.90. The first-order valence-electron chi connectivity index (χ1n) is 14.1. The maximum atomic E-state index is 4.72. The predicted molar refractivity (Wildman–Crippen MR) is 158 cm³/mol. The summed E-state index contributed by atoms with van der Waals surface area (Å²) in [6.07, 6.45) is 12.8. The number of imidazole rings is 1. The molecule has 3 aromatic carbocycles. The molecule has 2 unspecified atom stereocenters. The molecule has 0 radical (unpaired) electrons. The summed E-state index contributed by atoms with van der Waals surface area (Å²) in [5.74, 6) is 1.09. The van der Waals surface area contributed by atoms with Crippen LogP contribution in [0.5, 0.6) is 0 Å². The highest BCUT2D eigenvalue weighted by atomic mass is 15.2. The van der Waals surface area contributed by atoms with Gasteiger partial charge >= 0.3 is 0 Å². The van der Waals surface area contributed by atoms with Gasteiger partial charge in [0.1, 0.15) is 5.82 Å². The fourth-order valence-electron chi connectivity index (χ4n) is 6.73. The Balaban J connectivity index is 1.07. The Bertz CT molecular complexity index is 1540. The third-order valence-corrected chi connectivity index (χ3v) is 9.01. The normalized spacial score (nSPS) is 22.4. The summed E-state index contributed by atoms with van der Waals surface area (Å²) in [5, 5.41) is 2.52. The number of hydrogen-bond donors (Lipinski definition) is 1. The third-order valence-electron chi connectivity index (χ3n) is 9.01. The van der Waals surface area contributed by atoms with Crippen LogP contribution < -0.4 is 0 Å². The van der Waals surface area contributed by atoms with Gasteiger partial charge in [0.15, 0.2) is 0 Å². The zero-order valence-electron chi connectivity index (χ0n) is 22.5. The number of nitrogens with zero attached hydrogens (tertiary/aromatic N) is 3. The molecule has 0 bridgehead atoms. The van der Waals surface area contributed by atoms with Crippen molar-refractivity contribution in [2.75, 3.05) is 27.2 Å². The maximum absolute atomic E-state index is 4.72. The molecule has 3 aliphatic rings. The number of aromatic nitrogens is 2. The lowest BCUT2D eigenvalue weighted by molar-refractivity contribution is 0.307. The summed E-state index contributed by atoms with van der Waals surface area (Å²) < 4.78 is 0. The zero-order chi connectivity index (χ0) is 25.6. The van der Waals surface area contributed by atoms with Crippen LogP contribution in [0.4, 0.5) is 0 Å². The lowest BCUT2D eigenvalue weighted by Gasteiger charge is -2.21. The number of aromatic amines is 1. The van der Waals surface area contributed by atoms with Gasteiger partial charge in [-0.25, -0.2) is 4.98 Å². The summed E-state index contributed by atoms with van der Waals surface area (Å²) in [5.41, 5.74) is 9.18. The van der Waals surface area contributed by atoms with E-state index in [4.69, 9.17) is 4.98 Å². The van der Waals surface area contributed by atoms with Crippen LogP contribution in [-0.4, -0.2) is 53.0 Å². The minimum atomic E-state index is 0.412. The van der Waals surface area contributed by atoms with Gasteiger partial charge in [0.25, 0.3) is 0 Å². The van der Waals surface area contributed by atoms with Gasteiger partial charge in [-0.3, -0.25) is 9.80 Å². The fraction of sp³-hybridized carbons (Fsp3) is 0.324. The van der Waals surface area contributed by atoms with E-state index >= 15 is 0 Å². The van der Waals surface area contributed by atoms with Gasteiger partial charge < -0.3 is 4.98 Å². The van der Waals surface area contributed by atoms with Crippen molar-refractivity contribution < 1.29 is 0 Å². The van der Waals surface area contributed by atoms with Crippen molar-refractivity contribution in [3.63, 3.8) is 0 Å². The molecule has 2 atom stereocenters. The molecular formula is C34H36N4. The molecule has 3 heterocycles. The second kappa shape index (κ2) is 9.68. The fourth-order valence-corrected chi connectivity index (χ4v) is 6.73. The summed E-state index contributed by atoms with van der Waals surface area (Å²) in [6.45, 7) is 2.37. The third kappa shape index (κ3) is 4.32. The van der Waals surface area contributed by atoms with Gasteiger partial charge in [-0.05, 0) is 110 Å². The second-order valence-electron chi connectivity index (χ2n) is 11.4. The van der Waals surface area contributed by atoms with Gasteiger partial charge in [0.2, 0.25) is 0 Å². The Hall–Kier alpha value is -3.47. The van der Waals surface area contributed by atoms with Crippen LogP contribution in [0, 0.1) is 0 Å². The van der Waals surface area contributed by atoms with Crippen LogP contribution in [0.1, 0.15) is 49.5 Å². The molecule has 0 spiro atoms. The molecule has 1 N–H and O–H groups in total. The van der Waals surface area contributed by atoms with E-state index in [0.29, 0.717) is 12.1 Å². The van der Waals surface area contributed by atoms with Crippen molar-refractivity contribution >= 4 is 16.3 Å². The number of rotatable bonds is 5. The highest BCUT2D eigenvalue weighted by Gasteiger charge is 2.27. The van der Waals surface area contributed by atoms with Gasteiger partial charge in [-0.2, -0.15) is 0 Å². The van der Waals surface area contributed by atoms with Gasteiger partial charge in [0, 0.05) is 11.6 Å². The van der Waals surface area contributed by atoms with Crippen LogP contribution in [-0.2, 0) is 0 Å². The number of H-pyrrole nitrogens is 1. The standard InChI is InChI=1S/C34H36N4/c1-37-17-3-5-32(37)30-16-14-26(21-30)24-9-7-23(8-10-24)25-11-12-28-20-29(15-13-27(28)19-25)31-22-35-34(36-31)33-6-4-18-38(33)2/h7-16,19-20,22,32-33H,3-6,17-18,21H2,1-2H3,(H,35,36). The van der Waals surface area contributed by atoms with E-state index in [1.165, 1.54) is 70.8 Å².